The molecule has 1 atom stereocenters. The first kappa shape index (κ1) is 21.1. The van der Waals surface area contributed by atoms with E-state index < -0.39 is 18.0 Å². The average molecular weight is 387 g/mol. The predicted octanol–water partition coefficient (Wildman–Crippen LogP) is 3.51. The highest BCUT2D eigenvalue weighted by Crippen LogP contribution is 2.34. The molecule has 0 spiro atoms. The van der Waals surface area contributed by atoms with Crippen molar-refractivity contribution in [3.8, 4) is 17.2 Å². The van der Waals surface area contributed by atoms with Crippen LogP contribution in [0.4, 0.5) is 5.69 Å². The number of carbonyl (C=O) groups is 2. The standard InChI is InChI=1S/C21H25NO6/c1-12-7-13(2)9-15(8-12)28-14(3)20(23)22-17-11-19(26-5)18(25-4)10-16(17)21(24)27-6/h7-11,14H,1-6H3,(H,22,23)/t14-/m0/s1. The largest absolute Gasteiger partial charge is 0.493 e. The van der Waals surface area contributed by atoms with Crippen LogP contribution < -0.4 is 19.5 Å². The highest BCUT2D eigenvalue weighted by atomic mass is 16.5. The third-order valence-electron chi connectivity index (χ3n) is 4.06. The number of methoxy groups -OCH3 is 3. The minimum absolute atomic E-state index is 0.145. The number of aryl methyl sites for hydroxylation is 2. The van der Waals surface area contributed by atoms with Crippen LogP contribution in [0, 0.1) is 13.8 Å². The van der Waals surface area contributed by atoms with Crippen molar-refractivity contribution in [2.24, 2.45) is 0 Å². The normalized spacial score (nSPS) is 11.4. The lowest BCUT2D eigenvalue weighted by atomic mass is 10.1. The third-order valence-corrected chi connectivity index (χ3v) is 4.06. The molecule has 150 valence electrons. The van der Waals surface area contributed by atoms with Crippen molar-refractivity contribution in [2.45, 2.75) is 26.9 Å². The quantitative estimate of drug-likeness (QED) is 0.732. The fraction of sp³-hybridized carbons (Fsp3) is 0.333. The number of hydrogen-bond acceptors (Lipinski definition) is 6. The molecule has 1 amide bonds. The maximum absolute atomic E-state index is 12.6. The van der Waals surface area contributed by atoms with Gasteiger partial charge in [-0.1, -0.05) is 6.07 Å². The Hall–Kier alpha value is -3.22. The van der Waals surface area contributed by atoms with Crippen molar-refractivity contribution < 1.29 is 28.5 Å². The van der Waals surface area contributed by atoms with Crippen molar-refractivity contribution >= 4 is 17.6 Å². The van der Waals surface area contributed by atoms with Crippen molar-refractivity contribution in [3.63, 3.8) is 0 Å². The zero-order chi connectivity index (χ0) is 20.8. The first-order valence-electron chi connectivity index (χ1n) is 8.69. The zero-order valence-electron chi connectivity index (χ0n) is 16.9. The molecule has 28 heavy (non-hydrogen) atoms. The van der Waals surface area contributed by atoms with Gasteiger partial charge in [-0.3, -0.25) is 4.79 Å². The van der Waals surface area contributed by atoms with Crippen LogP contribution in [-0.2, 0) is 9.53 Å². The molecule has 0 bridgehead atoms. The molecule has 0 unspecified atom stereocenters. The molecule has 0 aliphatic carbocycles. The summed E-state index contributed by atoms with van der Waals surface area (Å²) in [6, 6.07) is 8.69. The topological polar surface area (TPSA) is 83.1 Å². The lowest BCUT2D eigenvalue weighted by Gasteiger charge is -2.18. The second kappa shape index (κ2) is 9.12. The Bertz CT molecular complexity index is 857. The fourth-order valence-corrected chi connectivity index (χ4v) is 2.75. The molecule has 7 heteroatoms. The number of ether oxygens (including phenoxy) is 4. The lowest BCUT2D eigenvalue weighted by molar-refractivity contribution is -0.122. The van der Waals surface area contributed by atoms with Gasteiger partial charge in [0.1, 0.15) is 5.75 Å². The van der Waals surface area contributed by atoms with Crippen molar-refractivity contribution in [2.75, 3.05) is 26.6 Å². The molecule has 2 rings (SSSR count). The van der Waals surface area contributed by atoms with Gasteiger partial charge in [-0.25, -0.2) is 4.79 Å². The summed E-state index contributed by atoms with van der Waals surface area (Å²) < 4.78 is 21.0. The summed E-state index contributed by atoms with van der Waals surface area (Å²) in [7, 11) is 4.18. The van der Waals surface area contributed by atoms with E-state index in [-0.39, 0.29) is 11.3 Å². The number of anilines is 1. The molecule has 0 saturated heterocycles. The molecule has 0 radical (unpaired) electrons. The van der Waals surface area contributed by atoms with E-state index in [1.54, 1.807) is 6.92 Å². The van der Waals surface area contributed by atoms with Gasteiger partial charge in [0, 0.05) is 12.1 Å². The molecule has 0 aromatic heterocycles. The summed E-state index contributed by atoms with van der Waals surface area (Å²) in [5.41, 5.74) is 2.46. The maximum Gasteiger partial charge on any atom is 0.340 e. The molecule has 0 fully saturated rings. The summed E-state index contributed by atoms with van der Waals surface area (Å²) in [5.74, 6) is 0.282. The smallest absolute Gasteiger partial charge is 0.340 e. The monoisotopic (exact) mass is 387 g/mol. The van der Waals surface area contributed by atoms with Crippen LogP contribution in [0.15, 0.2) is 30.3 Å². The lowest BCUT2D eigenvalue weighted by Crippen LogP contribution is -2.31. The van der Waals surface area contributed by atoms with Crippen molar-refractivity contribution in [1.29, 1.82) is 0 Å². The van der Waals surface area contributed by atoms with Crippen LogP contribution in [0.2, 0.25) is 0 Å². The van der Waals surface area contributed by atoms with E-state index in [9.17, 15) is 9.59 Å². The van der Waals surface area contributed by atoms with E-state index in [0.717, 1.165) is 11.1 Å². The van der Waals surface area contributed by atoms with Crippen LogP contribution in [0.3, 0.4) is 0 Å². The molecule has 0 aliphatic rings. The third kappa shape index (κ3) is 4.94. The maximum atomic E-state index is 12.6. The SMILES string of the molecule is COC(=O)c1cc(OC)c(OC)cc1NC(=O)[C@H](C)Oc1cc(C)cc(C)c1. The minimum atomic E-state index is -0.792. The van der Waals surface area contributed by atoms with Gasteiger partial charge in [0.25, 0.3) is 5.91 Å². The summed E-state index contributed by atoms with van der Waals surface area (Å²) in [5, 5.41) is 2.70. The molecule has 1 N–H and O–H groups in total. The van der Waals surface area contributed by atoms with Crippen LogP contribution in [0.1, 0.15) is 28.4 Å². The molecule has 0 heterocycles. The highest BCUT2D eigenvalue weighted by molar-refractivity contribution is 6.03. The average Bonchev–Trinajstić information content (AvgIpc) is 2.65. The van der Waals surface area contributed by atoms with Gasteiger partial charge in [0.15, 0.2) is 17.6 Å². The van der Waals surface area contributed by atoms with Gasteiger partial charge < -0.3 is 24.3 Å². The predicted molar refractivity (Wildman–Crippen MR) is 106 cm³/mol. The summed E-state index contributed by atoms with van der Waals surface area (Å²) in [6.45, 7) is 5.54. The zero-order valence-corrected chi connectivity index (χ0v) is 16.9. The Morgan fingerprint density at radius 1 is 0.893 bits per heavy atom. The van der Waals surface area contributed by atoms with Crippen LogP contribution >= 0.6 is 0 Å². The molecule has 0 saturated carbocycles. The minimum Gasteiger partial charge on any atom is -0.493 e. The summed E-state index contributed by atoms with van der Waals surface area (Å²) in [6.07, 6.45) is -0.792. The number of benzene rings is 2. The number of carbonyl (C=O) groups excluding carboxylic acids is 2. The first-order valence-corrected chi connectivity index (χ1v) is 8.69. The van der Waals surface area contributed by atoms with Gasteiger partial charge in [-0.05, 0) is 44.0 Å². The van der Waals surface area contributed by atoms with Gasteiger partial charge in [0.2, 0.25) is 0 Å². The van der Waals surface area contributed by atoms with E-state index in [0.29, 0.717) is 17.2 Å². The fourth-order valence-electron chi connectivity index (χ4n) is 2.75. The Kier molecular flexibility index (Phi) is 6.87. The van der Waals surface area contributed by atoms with Crippen LogP contribution in [0.25, 0.3) is 0 Å². The Morgan fingerprint density at radius 2 is 1.46 bits per heavy atom. The van der Waals surface area contributed by atoms with E-state index in [4.69, 9.17) is 18.9 Å². The van der Waals surface area contributed by atoms with Gasteiger partial charge in [-0.2, -0.15) is 0 Å². The van der Waals surface area contributed by atoms with E-state index >= 15 is 0 Å². The number of rotatable bonds is 7. The van der Waals surface area contributed by atoms with E-state index in [1.807, 2.05) is 32.0 Å². The van der Waals surface area contributed by atoms with Gasteiger partial charge in [0.05, 0.1) is 32.6 Å². The molecule has 7 nitrogen and oxygen atoms in total. The Balaban J connectivity index is 2.27. The number of amides is 1. The van der Waals surface area contributed by atoms with Crippen molar-refractivity contribution in [1.82, 2.24) is 0 Å². The van der Waals surface area contributed by atoms with Crippen molar-refractivity contribution in [3.05, 3.63) is 47.0 Å². The second-order valence-electron chi connectivity index (χ2n) is 6.32. The van der Waals surface area contributed by atoms with Crippen LogP contribution in [0.5, 0.6) is 17.2 Å². The molecular weight excluding hydrogens is 362 g/mol. The Labute approximate surface area is 164 Å². The summed E-state index contributed by atoms with van der Waals surface area (Å²) in [4.78, 5) is 24.8. The number of hydrogen-bond donors (Lipinski definition) is 1. The number of esters is 1. The van der Waals surface area contributed by atoms with E-state index in [2.05, 4.69) is 5.32 Å². The molecular formula is C21H25NO6. The highest BCUT2D eigenvalue weighted by Gasteiger charge is 2.22. The second-order valence-corrected chi connectivity index (χ2v) is 6.32. The van der Waals surface area contributed by atoms with Crippen LogP contribution in [-0.4, -0.2) is 39.3 Å². The first-order chi connectivity index (χ1) is 13.3. The molecule has 0 aliphatic heterocycles. The molecule has 2 aromatic rings. The Morgan fingerprint density at radius 3 is 2.00 bits per heavy atom. The summed E-state index contributed by atoms with van der Waals surface area (Å²) >= 11 is 0. The van der Waals surface area contributed by atoms with E-state index in [1.165, 1.54) is 33.5 Å². The number of nitrogens with one attached hydrogen (secondary N) is 1. The van der Waals surface area contributed by atoms with Gasteiger partial charge >= 0.3 is 5.97 Å². The molecule has 2 aromatic carbocycles. The van der Waals surface area contributed by atoms with Gasteiger partial charge in [-0.15, -0.1) is 0 Å².